The second kappa shape index (κ2) is 9.99. The lowest BCUT2D eigenvalue weighted by molar-refractivity contribution is -0.154. The standard InChI is InChI=1S/C20H40O5Si/c1-15(16(23-8)12-14-24-18(22)19(2,3)4)17(11-13-21)25-26(9,10)20(5,6)7/h13,15-17H,11-12,14H2,1-10H3/t15-,16+,17+/m0/s1. The van der Waals surface area contributed by atoms with Gasteiger partial charge in [0.25, 0.3) is 0 Å². The first-order chi connectivity index (χ1) is 11.7. The molecule has 0 fully saturated rings. The van der Waals surface area contributed by atoms with E-state index in [4.69, 9.17) is 13.9 Å². The summed E-state index contributed by atoms with van der Waals surface area (Å²) >= 11 is 0. The van der Waals surface area contributed by atoms with E-state index in [9.17, 15) is 9.59 Å². The van der Waals surface area contributed by atoms with Gasteiger partial charge in [0.05, 0.1) is 24.2 Å². The fraction of sp³-hybridized carbons (Fsp3) is 0.900. The molecule has 0 aliphatic carbocycles. The maximum Gasteiger partial charge on any atom is 0.311 e. The normalized spacial score (nSPS) is 16.7. The Bertz CT molecular complexity index is 448. The molecule has 5 nitrogen and oxygen atoms in total. The van der Waals surface area contributed by atoms with E-state index in [1.165, 1.54) is 0 Å². The summed E-state index contributed by atoms with van der Waals surface area (Å²) in [4.78, 5) is 23.1. The number of ether oxygens (including phenoxy) is 2. The summed E-state index contributed by atoms with van der Waals surface area (Å²) in [5.41, 5.74) is -0.514. The molecule has 0 aromatic heterocycles. The lowest BCUT2D eigenvalue weighted by Crippen LogP contribution is -2.47. The summed E-state index contributed by atoms with van der Waals surface area (Å²) in [7, 11) is -0.351. The molecule has 0 spiro atoms. The summed E-state index contributed by atoms with van der Waals surface area (Å²) in [5, 5.41) is 0.0681. The zero-order chi connectivity index (χ0) is 20.8. The molecule has 154 valence electrons. The molecule has 0 radical (unpaired) electrons. The van der Waals surface area contributed by atoms with Crippen LogP contribution in [0, 0.1) is 11.3 Å². The first kappa shape index (κ1) is 25.3. The van der Waals surface area contributed by atoms with E-state index in [1.807, 2.05) is 27.7 Å². The highest BCUT2D eigenvalue weighted by Gasteiger charge is 2.41. The van der Waals surface area contributed by atoms with Gasteiger partial charge in [-0.2, -0.15) is 0 Å². The van der Waals surface area contributed by atoms with Crippen molar-refractivity contribution in [3.63, 3.8) is 0 Å². The first-order valence-electron chi connectivity index (χ1n) is 9.49. The minimum Gasteiger partial charge on any atom is -0.465 e. The van der Waals surface area contributed by atoms with Crippen LogP contribution in [0.3, 0.4) is 0 Å². The van der Waals surface area contributed by atoms with E-state index in [-0.39, 0.29) is 29.1 Å². The van der Waals surface area contributed by atoms with Crippen LogP contribution >= 0.6 is 0 Å². The average Bonchev–Trinajstić information content (AvgIpc) is 2.48. The minimum absolute atomic E-state index is 0.0210. The Morgan fingerprint density at radius 2 is 1.62 bits per heavy atom. The van der Waals surface area contributed by atoms with Crippen LogP contribution in [0.5, 0.6) is 0 Å². The lowest BCUT2D eigenvalue weighted by Gasteiger charge is -2.41. The molecule has 6 heteroatoms. The largest absolute Gasteiger partial charge is 0.465 e. The second-order valence-electron chi connectivity index (χ2n) is 9.63. The summed E-state index contributed by atoms with van der Waals surface area (Å²) in [6.07, 6.45) is 1.50. The van der Waals surface area contributed by atoms with Crippen molar-refractivity contribution in [2.75, 3.05) is 13.7 Å². The average molecular weight is 389 g/mol. The molecule has 0 saturated heterocycles. The van der Waals surface area contributed by atoms with E-state index in [1.54, 1.807) is 7.11 Å². The van der Waals surface area contributed by atoms with E-state index in [0.29, 0.717) is 19.4 Å². The van der Waals surface area contributed by atoms with Crippen molar-refractivity contribution in [1.29, 1.82) is 0 Å². The van der Waals surface area contributed by atoms with Crippen molar-refractivity contribution in [2.45, 2.75) is 91.6 Å². The number of carbonyl (C=O) groups is 2. The highest BCUT2D eigenvalue weighted by atomic mass is 28.4. The van der Waals surface area contributed by atoms with Crippen LogP contribution in [0.1, 0.15) is 61.3 Å². The Labute approximate surface area is 161 Å². The third-order valence-corrected chi connectivity index (χ3v) is 9.81. The van der Waals surface area contributed by atoms with Gasteiger partial charge in [-0.3, -0.25) is 4.79 Å². The number of aldehydes is 1. The summed E-state index contributed by atoms with van der Waals surface area (Å²) < 4.78 is 17.5. The van der Waals surface area contributed by atoms with Crippen molar-refractivity contribution in [3.8, 4) is 0 Å². The van der Waals surface area contributed by atoms with Crippen LogP contribution in [-0.4, -0.2) is 46.5 Å². The fourth-order valence-electron chi connectivity index (χ4n) is 2.34. The van der Waals surface area contributed by atoms with Crippen LogP contribution in [0.2, 0.25) is 18.1 Å². The summed E-state index contributed by atoms with van der Waals surface area (Å²) in [6.45, 7) is 18.8. The second-order valence-corrected chi connectivity index (χ2v) is 14.4. The third kappa shape index (κ3) is 7.88. The van der Waals surface area contributed by atoms with Gasteiger partial charge in [-0.05, 0) is 38.9 Å². The van der Waals surface area contributed by atoms with E-state index >= 15 is 0 Å². The highest BCUT2D eigenvalue weighted by Crippen LogP contribution is 2.39. The van der Waals surface area contributed by atoms with Crippen LogP contribution in [0.25, 0.3) is 0 Å². The number of hydrogen-bond acceptors (Lipinski definition) is 5. The Balaban J connectivity index is 4.98. The van der Waals surface area contributed by atoms with Gasteiger partial charge in [0.1, 0.15) is 6.29 Å². The maximum absolute atomic E-state index is 11.9. The molecule has 0 bridgehead atoms. The van der Waals surface area contributed by atoms with Gasteiger partial charge in [0.15, 0.2) is 8.32 Å². The molecule has 0 amide bonds. The topological polar surface area (TPSA) is 61.8 Å². The predicted molar refractivity (Wildman–Crippen MR) is 108 cm³/mol. The van der Waals surface area contributed by atoms with Gasteiger partial charge in [-0.1, -0.05) is 27.7 Å². The van der Waals surface area contributed by atoms with Crippen LogP contribution in [0.15, 0.2) is 0 Å². The third-order valence-electron chi connectivity index (χ3n) is 5.30. The minimum atomic E-state index is -2.00. The number of esters is 1. The molecule has 0 heterocycles. The molecule has 0 aliphatic heterocycles. The smallest absolute Gasteiger partial charge is 0.311 e. The molecule has 0 aromatic rings. The Morgan fingerprint density at radius 1 is 1.08 bits per heavy atom. The van der Waals surface area contributed by atoms with Crippen LogP contribution in [0.4, 0.5) is 0 Å². The van der Waals surface area contributed by atoms with E-state index in [2.05, 4.69) is 33.9 Å². The molecular weight excluding hydrogens is 348 g/mol. The van der Waals surface area contributed by atoms with Crippen molar-refractivity contribution >= 4 is 20.6 Å². The summed E-state index contributed by atoms with van der Waals surface area (Å²) in [6, 6.07) is 0. The molecular formula is C20H40O5Si. The van der Waals surface area contributed by atoms with Crippen LogP contribution in [-0.2, 0) is 23.5 Å². The van der Waals surface area contributed by atoms with E-state index < -0.39 is 13.7 Å². The van der Waals surface area contributed by atoms with Gasteiger partial charge < -0.3 is 18.7 Å². The lowest BCUT2D eigenvalue weighted by atomic mass is 9.94. The molecule has 0 saturated carbocycles. The molecule has 0 aromatic carbocycles. The van der Waals surface area contributed by atoms with Gasteiger partial charge >= 0.3 is 5.97 Å². The monoisotopic (exact) mass is 388 g/mol. The van der Waals surface area contributed by atoms with Gasteiger partial charge in [-0.25, -0.2) is 0 Å². The Kier molecular flexibility index (Phi) is 9.72. The van der Waals surface area contributed by atoms with Crippen molar-refractivity contribution in [3.05, 3.63) is 0 Å². The molecule has 0 aliphatic rings. The predicted octanol–water partition coefficient (Wildman–Crippen LogP) is 4.60. The van der Waals surface area contributed by atoms with Gasteiger partial charge in [0, 0.05) is 25.9 Å². The number of methoxy groups -OCH3 is 1. The zero-order valence-corrected chi connectivity index (χ0v) is 19.5. The zero-order valence-electron chi connectivity index (χ0n) is 18.5. The Hall–Kier alpha value is -0.723. The number of rotatable bonds is 10. The maximum atomic E-state index is 11.9. The molecule has 0 rings (SSSR count). The first-order valence-corrected chi connectivity index (χ1v) is 12.4. The number of carbonyl (C=O) groups excluding carboxylic acids is 2. The SMILES string of the molecule is CO[C@H](CCOC(=O)C(C)(C)C)[C@H](C)[C@@H](CC=O)O[Si](C)(C)C(C)(C)C. The molecule has 26 heavy (non-hydrogen) atoms. The van der Waals surface area contributed by atoms with E-state index in [0.717, 1.165) is 6.29 Å². The van der Waals surface area contributed by atoms with Gasteiger partial charge in [0.2, 0.25) is 0 Å². The molecule has 3 atom stereocenters. The fourth-order valence-corrected chi connectivity index (χ4v) is 3.76. The number of hydrogen-bond donors (Lipinski definition) is 0. The Morgan fingerprint density at radius 3 is 2.00 bits per heavy atom. The van der Waals surface area contributed by atoms with Crippen molar-refractivity contribution in [1.82, 2.24) is 0 Å². The molecule has 0 unspecified atom stereocenters. The summed E-state index contributed by atoms with van der Waals surface area (Å²) in [5.74, 6) is -0.199. The quantitative estimate of drug-likeness (QED) is 0.311. The van der Waals surface area contributed by atoms with Crippen molar-refractivity contribution in [2.24, 2.45) is 11.3 Å². The highest BCUT2D eigenvalue weighted by molar-refractivity contribution is 6.74. The molecule has 0 N–H and O–H groups in total. The van der Waals surface area contributed by atoms with Gasteiger partial charge in [-0.15, -0.1) is 0 Å². The van der Waals surface area contributed by atoms with Crippen LogP contribution < -0.4 is 0 Å². The van der Waals surface area contributed by atoms with Crippen molar-refractivity contribution < 1.29 is 23.5 Å².